The number of likely N-dealkylation sites (tertiary alicyclic amines) is 1. The zero-order valence-electron chi connectivity index (χ0n) is 13.5. The van der Waals surface area contributed by atoms with Gasteiger partial charge in [0.1, 0.15) is 0 Å². The van der Waals surface area contributed by atoms with Crippen LogP contribution < -0.4 is 0 Å². The van der Waals surface area contributed by atoms with Crippen molar-refractivity contribution in [1.82, 2.24) is 4.90 Å². The van der Waals surface area contributed by atoms with Crippen LogP contribution in [-0.2, 0) is 14.6 Å². The summed E-state index contributed by atoms with van der Waals surface area (Å²) in [4.78, 5) is 14.9. The van der Waals surface area contributed by atoms with Crippen LogP contribution in [0.15, 0.2) is 65.6 Å². The topological polar surface area (TPSA) is 54.5 Å². The third-order valence-electron chi connectivity index (χ3n) is 4.38. The van der Waals surface area contributed by atoms with Crippen molar-refractivity contribution in [2.24, 2.45) is 0 Å². The molecule has 2 aromatic rings. The minimum atomic E-state index is -3.79. The Kier molecular flexibility index (Phi) is 5.00. The van der Waals surface area contributed by atoms with Gasteiger partial charge in [0.05, 0.1) is 4.90 Å². The number of amides is 1. The first kappa shape index (κ1) is 16.7. The minimum absolute atomic E-state index is 0.184. The molecule has 126 valence electrons. The number of carbonyl (C=O) groups is 1. The van der Waals surface area contributed by atoms with E-state index in [2.05, 4.69) is 0 Å². The Morgan fingerprint density at radius 1 is 0.833 bits per heavy atom. The summed E-state index contributed by atoms with van der Waals surface area (Å²) in [5.74, 6) is -0.315. The quantitative estimate of drug-likeness (QED) is 0.856. The summed E-state index contributed by atoms with van der Waals surface area (Å²) in [6.07, 6.45) is 2.95. The lowest BCUT2D eigenvalue weighted by Gasteiger charge is -2.30. The van der Waals surface area contributed by atoms with Crippen LogP contribution >= 0.6 is 0 Å². The summed E-state index contributed by atoms with van der Waals surface area (Å²) in [5, 5.41) is -1.18. The Bertz CT molecular complexity index is 782. The van der Waals surface area contributed by atoms with Crippen LogP contribution in [0.3, 0.4) is 0 Å². The van der Waals surface area contributed by atoms with Crippen LogP contribution in [0.25, 0.3) is 0 Å². The number of sulfone groups is 1. The predicted octanol–water partition coefficient (Wildman–Crippen LogP) is 3.21. The summed E-state index contributed by atoms with van der Waals surface area (Å²) >= 11 is 0. The third kappa shape index (κ3) is 3.36. The summed E-state index contributed by atoms with van der Waals surface area (Å²) < 4.78 is 26.3. The summed E-state index contributed by atoms with van der Waals surface area (Å²) in [6, 6.07) is 17.0. The molecule has 0 N–H and O–H groups in total. The number of carbonyl (C=O) groups excluding carboxylic acids is 1. The van der Waals surface area contributed by atoms with Gasteiger partial charge < -0.3 is 4.90 Å². The molecule has 1 fully saturated rings. The monoisotopic (exact) mass is 343 g/mol. The van der Waals surface area contributed by atoms with Gasteiger partial charge in [0, 0.05) is 13.1 Å². The molecule has 0 radical (unpaired) electrons. The van der Waals surface area contributed by atoms with Crippen LogP contribution in [0.2, 0.25) is 0 Å². The van der Waals surface area contributed by atoms with Gasteiger partial charge in [-0.2, -0.15) is 0 Å². The first-order chi connectivity index (χ1) is 11.6. The maximum atomic E-state index is 13.2. The molecule has 1 aliphatic rings. The van der Waals surface area contributed by atoms with Crippen molar-refractivity contribution in [3.05, 3.63) is 66.2 Å². The van der Waals surface area contributed by atoms with Crippen molar-refractivity contribution >= 4 is 15.7 Å². The summed E-state index contributed by atoms with van der Waals surface area (Å²) in [7, 11) is -3.79. The molecule has 0 spiro atoms. The molecule has 4 nitrogen and oxygen atoms in total. The van der Waals surface area contributed by atoms with Gasteiger partial charge in [-0.05, 0) is 37.0 Å². The SMILES string of the molecule is O=C([C@H](c1ccccc1)S(=O)(=O)c1ccccc1)N1CCCCC1. The first-order valence-corrected chi connectivity index (χ1v) is 9.78. The molecule has 3 rings (SSSR count). The molecule has 0 saturated carbocycles. The fraction of sp³-hybridized carbons (Fsp3) is 0.316. The van der Waals surface area contributed by atoms with E-state index in [1.54, 1.807) is 59.5 Å². The molecule has 1 saturated heterocycles. The fourth-order valence-electron chi connectivity index (χ4n) is 3.11. The Morgan fingerprint density at radius 3 is 1.96 bits per heavy atom. The Morgan fingerprint density at radius 2 is 1.38 bits per heavy atom. The maximum Gasteiger partial charge on any atom is 0.245 e. The molecule has 1 atom stereocenters. The van der Waals surface area contributed by atoms with E-state index in [1.807, 2.05) is 6.07 Å². The zero-order chi connectivity index (χ0) is 17.0. The molecule has 1 amide bonds. The van der Waals surface area contributed by atoms with Crippen LogP contribution in [0.4, 0.5) is 0 Å². The number of hydrogen-bond donors (Lipinski definition) is 0. The number of nitrogens with zero attached hydrogens (tertiary/aromatic N) is 1. The molecule has 0 aromatic heterocycles. The van der Waals surface area contributed by atoms with Crippen LogP contribution in [-0.4, -0.2) is 32.3 Å². The van der Waals surface area contributed by atoms with Crippen LogP contribution in [0, 0.1) is 0 Å². The predicted molar refractivity (Wildman–Crippen MR) is 93.2 cm³/mol. The lowest BCUT2D eigenvalue weighted by molar-refractivity contribution is -0.131. The normalized spacial score (nSPS) is 16.6. The van der Waals surface area contributed by atoms with Crippen molar-refractivity contribution in [2.75, 3.05) is 13.1 Å². The van der Waals surface area contributed by atoms with E-state index in [4.69, 9.17) is 0 Å². The second kappa shape index (κ2) is 7.18. The zero-order valence-corrected chi connectivity index (χ0v) is 14.3. The maximum absolute atomic E-state index is 13.2. The van der Waals surface area contributed by atoms with E-state index in [0.717, 1.165) is 19.3 Å². The number of rotatable bonds is 4. The lowest BCUT2D eigenvalue weighted by Crippen LogP contribution is -2.41. The standard InChI is InChI=1S/C19H21NO3S/c21-19(20-14-8-3-9-15-20)18(16-10-4-1-5-11-16)24(22,23)17-12-6-2-7-13-17/h1-2,4-7,10-13,18H,3,8-9,14-15H2/t18-/m0/s1. The molecule has 2 aromatic carbocycles. The van der Waals surface area contributed by atoms with Crippen LogP contribution in [0.1, 0.15) is 30.1 Å². The summed E-state index contributed by atoms with van der Waals surface area (Å²) in [6.45, 7) is 1.26. The van der Waals surface area contributed by atoms with Gasteiger partial charge in [-0.3, -0.25) is 4.79 Å². The van der Waals surface area contributed by atoms with Crippen molar-refractivity contribution in [2.45, 2.75) is 29.4 Å². The van der Waals surface area contributed by atoms with E-state index in [1.165, 1.54) is 0 Å². The van der Waals surface area contributed by atoms with Gasteiger partial charge in [0.2, 0.25) is 5.91 Å². The van der Waals surface area contributed by atoms with Crippen molar-refractivity contribution < 1.29 is 13.2 Å². The van der Waals surface area contributed by atoms with Gasteiger partial charge in [-0.15, -0.1) is 0 Å². The Labute approximate surface area is 143 Å². The lowest BCUT2D eigenvalue weighted by atomic mass is 10.1. The van der Waals surface area contributed by atoms with E-state index in [-0.39, 0.29) is 10.8 Å². The Balaban J connectivity index is 2.04. The number of benzene rings is 2. The molecule has 1 aliphatic heterocycles. The van der Waals surface area contributed by atoms with E-state index < -0.39 is 15.1 Å². The summed E-state index contributed by atoms with van der Waals surface area (Å²) in [5.41, 5.74) is 0.525. The van der Waals surface area contributed by atoms with Gasteiger partial charge >= 0.3 is 0 Å². The number of piperidine rings is 1. The molecule has 0 aliphatic carbocycles. The van der Waals surface area contributed by atoms with E-state index in [0.29, 0.717) is 18.7 Å². The second-order valence-corrected chi connectivity index (χ2v) is 8.07. The van der Waals surface area contributed by atoms with Crippen molar-refractivity contribution in [3.8, 4) is 0 Å². The highest BCUT2D eigenvalue weighted by molar-refractivity contribution is 7.92. The van der Waals surface area contributed by atoms with Crippen molar-refractivity contribution in [3.63, 3.8) is 0 Å². The average molecular weight is 343 g/mol. The molecule has 5 heteroatoms. The van der Waals surface area contributed by atoms with E-state index >= 15 is 0 Å². The highest BCUT2D eigenvalue weighted by atomic mass is 32.2. The highest BCUT2D eigenvalue weighted by Gasteiger charge is 2.38. The highest BCUT2D eigenvalue weighted by Crippen LogP contribution is 2.31. The molecule has 1 heterocycles. The molecular weight excluding hydrogens is 322 g/mol. The largest absolute Gasteiger partial charge is 0.341 e. The fourth-order valence-corrected chi connectivity index (χ4v) is 4.85. The van der Waals surface area contributed by atoms with Crippen molar-refractivity contribution in [1.29, 1.82) is 0 Å². The van der Waals surface area contributed by atoms with Gasteiger partial charge in [-0.1, -0.05) is 48.5 Å². The molecular formula is C19H21NO3S. The smallest absolute Gasteiger partial charge is 0.245 e. The molecule has 0 bridgehead atoms. The minimum Gasteiger partial charge on any atom is -0.341 e. The molecule has 24 heavy (non-hydrogen) atoms. The third-order valence-corrected chi connectivity index (χ3v) is 6.40. The Hall–Kier alpha value is -2.14. The van der Waals surface area contributed by atoms with Gasteiger partial charge in [-0.25, -0.2) is 8.42 Å². The van der Waals surface area contributed by atoms with E-state index in [9.17, 15) is 13.2 Å². The average Bonchev–Trinajstić information content (AvgIpc) is 2.64. The van der Waals surface area contributed by atoms with Crippen LogP contribution in [0.5, 0.6) is 0 Å². The second-order valence-electron chi connectivity index (χ2n) is 6.03. The molecule has 0 unspecified atom stereocenters. The van der Waals surface area contributed by atoms with Gasteiger partial charge in [0.15, 0.2) is 15.1 Å². The van der Waals surface area contributed by atoms with Gasteiger partial charge in [0.25, 0.3) is 0 Å². The first-order valence-electron chi connectivity index (χ1n) is 8.23. The number of hydrogen-bond acceptors (Lipinski definition) is 3.